The Kier molecular flexibility index (Phi) is 5.30. The summed E-state index contributed by atoms with van der Waals surface area (Å²) in [6.07, 6.45) is -5.22. The summed E-state index contributed by atoms with van der Waals surface area (Å²) in [6.45, 7) is 1.58. The zero-order chi connectivity index (χ0) is 16.0. The van der Waals surface area contributed by atoms with Crippen molar-refractivity contribution in [2.24, 2.45) is 0 Å². The van der Waals surface area contributed by atoms with Crippen molar-refractivity contribution in [2.45, 2.75) is 19.7 Å². The van der Waals surface area contributed by atoms with Gasteiger partial charge in [-0.3, -0.25) is 9.59 Å². The number of esters is 1. The van der Waals surface area contributed by atoms with E-state index in [9.17, 15) is 22.8 Å². The highest BCUT2D eigenvalue weighted by Crippen LogP contribution is 2.31. The lowest BCUT2D eigenvalue weighted by atomic mass is 10.0. The summed E-state index contributed by atoms with van der Waals surface area (Å²) in [5, 5.41) is 8.87. The summed E-state index contributed by atoms with van der Waals surface area (Å²) in [7, 11) is 0. The van der Waals surface area contributed by atoms with Crippen LogP contribution in [0.2, 0.25) is 0 Å². The van der Waals surface area contributed by atoms with E-state index in [0.717, 1.165) is 12.1 Å². The van der Waals surface area contributed by atoms with Crippen LogP contribution in [0.25, 0.3) is 0 Å². The Morgan fingerprint density at radius 1 is 1.43 bits per heavy atom. The van der Waals surface area contributed by atoms with Crippen molar-refractivity contribution in [3.8, 4) is 11.8 Å². The summed E-state index contributed by atoms with van der Waals surface area (Å²) in [5.74, 6) is -1.60. The molecule has 0 unspecified atom stereocenters. The molecule has 1 aromatic rings. The van der Waals surface area contributed by atoms with E-state index in [1.807, 2.05) is 0 Å². The highest BCUT2D eigenvalue weighted by molar-refractivity contribution is 5.80. The number of nitriles is 1. The molecule has 0 amide bonds. The first kappa shape index (κ1) is 16.5. The van der Waals surface area contributed by atoms with Gasteiger partial charge < -0.3 is 9.47 Å². The van der Waals surface area contributed by atoms with Crippen LogP contribution in [0.15, 0.2) is 12.1 Å². The maximum absolute atomic E-state index is 12.4. The maximum atomic E-state index is 12.4. The Hall–Kier alpha value is -2.56. The van der Waals surface area contributed by atoms with Gasteiger partial charge in [0.15, 0.2) is 5.75 Å². The number of hydrogen-bond donors (Lipinski definition) is 0. The molecule has 8 heteroatoms. The first-order valence-corrected chi connectivity index (χ1v) is 5.74. The minimum absolute atomic E-state index is 0.0413. The van der Waals surface area contributed by atoms with Gasteiger partial charge in [-0.15, -0.1) is 13.2 Å². The number of rotatable bonds is 5. The molecule has 0 N–H and O–H groups in total. The van der Waals surface area contributed by atoms with Gasteiger partial charge in [0.2, 0.25) is 0 Å². The Labute approximate surface area is 117 Å². The molecular weight excluding hydrogens is 291 g/mol. The van der Waals surface area contributed by atoms with Crippen LogP contribution in [-0.2, 0) is 16.0 Å². The summed E-state index contributed by atoms with van der Waals surface area (Å²) >= 11 is 0. The van der Waals surface area contributed by atoms with Crippen molar-refractivity contribution in [1.82, 2.24) is 0 Å². The number of nitrogens with zero attached hydrogens (tertiary/aromatic N) is 1. The van der Waals surface area contributed by atoms with Crippen LogP contribution < -0.4 is 4.74 Å². The lowest BCUT2D eigenvalue weighted by molar-refractivity contribution is -0.275. The first-order valence-electron chi connectivity index (χ1n) is 5.74. The fraction of sp³-hybridized carbons (Fsp3) is 0.308. The average molecular weight is 301 g/mol. The molecule has 0 aliphatic rings. The third kappa shape index (κ3) is 4.80. The fourth-order valence-electron chi connectivity index (χ4n) is 1.60. The molecule has 0 atom stereocenters. The zero-order valence-corrected chi connectivity index (χ0v) is 10.9. The molecule has 0 aliphatic carbocycles. The number of halogens is 3. The van der Waals surface area contributed by atoms with Gasteiger partial charge >= 0.3 is 12.3 Å². The second kappa shape index (κ2) is 6.74. The van der Waals surface area contributed by atoms with Crippen LogP contribution in [0.5, 0.6) is 5.75 Å². The van der Waals surface area contributed by atoms with Crippen molar-refractivity contribution in [3.05, 3.63) is 28.8 Å². The number of carbonyl (C=O) groups is 2. The van der Waals surface area contributed by atoms with E-state index in [4.69, 9.17) is 5.26 Å². The van der Waals surface area contributed by atoms with Crippen molar-refractivity contribution >= 4 is 12.3 Å². The van der Waals surface area contributed by atoms with Crippen molar-refractivity contribution in [1.29, 1.82) is 5.26 Å². The third-order valence-electron chi connectivity index (χ3n) is 2.30. The molecule has 0 saturated heterocycles. The lowest BCUT2D eigenvalue weighted by Crippen LogP contribution is -2.20. The van der Waals surface area contributed by atoms with E-state index in [2.05, 4.69) is 9.47 Å². The fourth-order valence-corrected chi connectivity index (χ4v) is 1.60. The zero-order valence-electron chi connectivity index (χ0n) is 10.9. The lowest BCUT2D eigenvalue weighted by Gasteiger charge is -2.15. The van der Waals surface area contributed by atoms with Crippen molar-refractivity contribution < 1.29 is 32.2 Å². The topological polar surface area (TPSA) is 76.4 Å². The standard InChI is InChI=1S/C13H10F3NO4/c1-2-20-11(19)5-9-3-8(7-18)4-10(6-17)12(9)21-13(14,15)16/h3-4,7H,2,5H2,1H3. The summed E-state index contributed by atoms with van der Waals surface area (Å²) in [4.78, 5) is 22.1. The second-order valence-electron chi connectivity index (χ2n) is 3.82. The first-order chi connectivity index (χ1) is 9.80. The Balaban J connectivity index is 3.32. The van der Waals surface area contributed by atoms with E-state index >= 15 is 0 Å². The van der Waals surface area contributed by atoms with E-state index in [1.165, 1.54) is 13.0 Å². The van der Waals surface area contributed by atoms with Gasteiger partial charge in [0, 0.05) is 11.1 Å². The molecule has 5 nitrogen and oxygen atoms in total. The number of hydrogen-bond acceptors (Lipinski definition) is 5. The average Bonchev–Trinajstić information content (AvgIpc) is 2.39. The summed E-state index contributed by atoms with van der Waals surface area (Å²) < 4.78 is 45.6. The van der Waals surface area contributed by atoms with Crippen LogP contribution in [0.3, 0.4) is 0 Å². The van der Waals surface area contributed by atoms with Gasteiger partial charge in [-0.2, -0.15) is 5.26 Å². The molecule has 1 aromatic carbocycles. The quantitative estimate of drug-likeness (QED) is 0.616. The van der Waals surface area contributed by atoms with E-state index < -0.39 is 30.1 Å². The van der Waals surface area contributed by atoms with Crippen molar-refractivity contribution in [2.75, 3.05) is 6.61 Å². The predicted molar refractivity (Wildman–Crippen MR) is 63.6 cm³/mol. The largest absolute Gasteiger partial charge is 0.573 e. The SMILES string of the molecule is CCOC(=O)Cc1cc(C=O)cc(C#N)c1OC(F)(F)F. The molecule has 1 rings (SSSR count). The molecule has 0 aliphatic heterocycles. The minimum atomic E-state index is -5.03. The maximum Gasteiger partial charge on any atom is 0.573 e. The predicted octanol–water partition coefficient (Wildman–Crippen LogP) is 2.37. The van der Waals surface area contributed by atoms with Crippen molar-refractivity contribution in [3.63, 3.8) is 0 Å². The molecule has 21 heavy (non-hydrogen) atoms. The molecule has 0 heterocycles. The molecule has 0 aromatic heterocycles. The molecule has 0 bridgehead atoms. The van der Waals surface area contributed by atoms with Gasteiger partial charge in [-0.1, -0.05) is 0 Å². The van der Waals surface area contributed by atoms with Gasteiger partial charge in [0.25, 0.3) is 0 Å². The molecule has 0 radical (unpaired) electrons. The Morgan fingerprint density at radius 3 is 2.57 bits per heavy atom. The van der Waals surface area contributed by atoms with Crippen LogP contribution in [-0.4, -0.2) is 25.2 Å². The second-order valence-corrected chi connectivity index (χ2v) is 3.82. The van der Waals surface area contributed by atoms with Crippen LogP contribution in [0.4, 0.5) is 13.2 Å². The Morgan fingerprint density at radius 2 is 2.10 bits per heavy atom. The van der Waals surface area contributed by atoms with Gasteiger partial charge in [-0.25, -0.2) is 0 Å². The van der Waals surface area contributed by atoms with Gasteiger partial charge in [-0.05, 0) is 19.1 Å². The summed E-state index contributed by atoms with van der Waals surface area (Å²) in [6, 6.07) is 3.50. The summed E-state index contributed by atoms with van der Waals surface area (Å²) in [5.41, 5.74) is -0.775. The number of aldehydes is 1. The Bertz CT molecular complexity index is 590. The van der Waals surface area contributed by atoms with Gasteiger partial charge in [0.1, 0.15) is 12.4 Å². The minimum Gasteiger partial charge on any atom is -0.466 e. The molecule has 112 valence electrons. The molecule has 0 saturated carbocycles. The number of ether oxygens (including phenoxy) is 2. The van der Waals surface area contributed by atoms with E-state index in [1.54, 1.807) is 0 Å². The van der Waals surface area contributed by atoms with E-state index in [0.29, 0.717) is 6.29 Å². The normalized spacial score (nSPS) is 10.6. The van der Waals surface area contributed by atoms with Crippen LogP contribution in [0.1, 0.15) is 28.4 Å². The monoisotopic (exact) mass is 301 g/mol. The number of carbonyl (C=O) groups excluding carboxylic acids is 2. The third-order valence-corrected chi connectivity index (χ3v) is 2.30. The number of alkyl halides is 3. The highest BCUT2D eigenvalue weighted by Gasteiger charge is 2.34. The van der Waals surface area contributed by atoms with E-state index in [-0.39, 0.29) is 17.7 Å². The van der Waals surface area contributed by atoms with Crippen LogP contribution >= 0.6 is 0 Å². The molecular formula is C13H10F3NO4. The molecule has 0 fully saturated rings. The highest BCUT2D eigenvalue weighted by atomic mass is 19.4. The van der Waals surface area contributed by atoms with Crippen LogP contribution in [0, 0.1) is 11.3 Å². The number of benzene rings is 1. The smallest absolute Gasteiger partial charge is 0.466 e. The van der Waals surface area contributed by atoms with Gasteiger partial charge in [0.05, 0.1) is 18.6 Å². The molecule has 0 spiro atoms.